The van der Waals surface area contributed by atoms with Gasteiger partial charge in [-0.05, 0) is 35.2 Å². The fourth-order valence-corrected chi connectivity index (χ4v) is 2.02. The number of benzene rings is 1. The van der Waals surface area contributed by atoms with E-state index in [-0.39, 0.29) is 10.7 Å². The first-order chi connectivity index (χ1) is 7.31. The quantitative estimate of drug-likeness (QED) is 0.781. The Kier molecular flexibility index (Phi) is 1.83. The third-order valence-electron chi connectivity index (χ3n) is 2.89. The third-order valence-corrected chi connectivity index (χ3v) is 3.04. The van der Waals surface area contributed by atoms with Gasteiger partial charge in [0, 0.05) is 0 Å². The standard InChI is InChI=1S/C11H9ClN2O/c12-10-13-9(15-14-10)11(6-7-11)8-4-2-1-3-5-8/h1-5H,6-7H2. The van der Waals surface area contributed by atoms with Crippen molar-refractivity contribution in [1.29, 1.82) is 0 Å². The molecule has 0 radical (unpaired) electrons. The second-order valence-corrected chi connectivity index (χ2v) is 4.15. The Morgan fingerprint density at radius 1 is 1.20 bits per heavy atom. The summed E-state index contributed by atoms with van der Waals surface area (Å²) in [6.45, 7) is 0. The molecule has 3 rings (SSSR count). The monoisotopic (exact) mass is 220 g/mol. The SMILES string of the molecule is Clc1noc(C2(c3ccccc3)CC2)n1. The summed E-state index contributed by atoms with van der Waals surface area (Å²) in [7, 11) is 0. The molecule has 1 fully saturated rings. The smallest absolute Gasteiger partial charge is 0.263 e. The van der Waals surface area contributed by atoms with Crippen LogP contribution in [0.1, 0.15) is 24.3 Å². The number of halogens is 1. The highest BCUT2D eigenvalue weighted by molar-refractivity contribution is 6.28. The summed E-state index contributed by atoms with van der Waals surface area (Å²) in [5, 5.41) is 3.81. The molecule has 0 spiro atoms. The van der Waals surface area contributed by atoms with Gasteiger partial charge in [-0.1, -0.05) is 30.3 Å². The maximum absolute atomic E-state index is 5.67. The van der Waals surface area contributed by atoms with Crippen LogP contribution in [0.5, 0.6) is 0 Å². The van der Waals surface area contributed by atoms with Crippen molar-refractivity contribution in [2.75, 3.05) is 0 Å². The highest BCUT2D eigenvalue weighted by atomic mass is 35.5. The van der Waals surface area contributed by atoms with Crippen LogP contribution in [-0.2, 0) is 5.41 Å². The van der Waals surface area contributed by atoms with Crippen LogP contribution in [0.25, 0.3) is 0 Å². The molecule has 1 aliphatic rings. The Labute approximate surface area is 92.1 Å². The zero-order chi connectivity index (χ0) is 10.3. The average molecular weight is 221 g/mol. The van der Waals surface area contributed by atoms with E-state index in [4.69, 9.17) is 16.1 Å². The van der Waals surface area contributed by atoms with Crippen LogP contribution >= 0.6 is 11.6 Å². The summed E-state index contributed by atoms with van der Waals surface area (Å²) < 4.78 is 5.15. The molecule has 76 valence electrons. The first-order valence-corrected chi connectivity index (χ1v) is 5.24. The summed E-state index contributed by atoms with van der Waals surface area (Å²) in [5.41, 5.74) is 1.16. The van der Waals surface area contributed by atoms with Gasteiger partial charge in [0.2, 0.25) is 5.89 Å². The molecule has 0 amide bonds. The Bertz CT molecular complexity index is 476. The molecular weight excluding hydrogens is 212 g/mol. The van der Waals surface area contributed by atoms with Gasteiger partial charge < -0.3 is 4.52 Å². The van der Waals surface area contributed by atoms with Crippen molar-refractivity contribution in [3.8, 4) is 0 Å². The van der Waals surface area contributed by atoms with Gasteiger partial charge >= 0.3 is 0 Å². The van der Waals surface area contributed by atoms with E-state index in [1.165, 1.54) is 5.56 Å². The van der Waals surface area contributed by atoms with Crippen LogP contribution in [0, 0.1) is 0 Å². The molecular formula is C11H9ClN2O. The van der Waals surface area contributed by atoms with E-state index in [1.807, 2.05) is 18.2 Å². The second kappa shape index (κ2) is 3.07. The number of nitrogens with zero attached hydrogens (tertiary/aromatic N) is 2. The fourth-order valence-electron chi connectivity index (χ4n) is 1.91. The van der Waals surface area contributed by atoms with Gasteiger partial charge in [-0.15, -0.1) is 0 Å². The molecule has 1 aromatic heterocycles. The zero-order valence-corrected chi connectivity index (χ0v) is 8.74. The van der Waals surface area contributed by atoms with Crippen LogP contribution in [-0.4, -0.2) is 10.1 Å². The van der Waals surface area contributed by atoms with E-state index >= 15 is 0 Å². The molecule has 0 aliphatic heterocycles. The first-order valence-electron chi connectivity index (χ1n) is 4.86. The second-order valence-electron chi connectivity index (χ2n) is 3.82. The maximum atomic E-state index is 5.67. The lowest BCUT2D eigenvalue weighted by Gasteiger charge is -2.09. The first kappa shape index (κ1) is 8.92. The molecule has 0 atom stereocenters. The lowest BCUT2D eigenvalue weighted by molar-refractivity contribution is 0.359. The van der Waals surface area contributed by atoms with E-state index in [1.54, 1.807) is 0 Å². The van der Waals surface area contributed by atoms with Crippen molar-refractivity contribution < 1.29 is 4.52 Å². The van der Waals surface area contributed by atoms with Gasteiger partial charge in [-0.25, -0.2) is 0 Å². The van der Waals surface area contributed by atoms with Crippen LogP contribution in [0.4, 0.5) is 0 Å². The van der Waals surface area contributed by atoms with Gasteiger partial charge in [0.05, 0.1) is 5.41 Å². The summed E-state index contributed by atoms with van der Waals surface area (Å²) in [5.74, 6) is 0.638. The van der Waals surface area contributed by atoms with Crippen LogP contribution in [0.3, 0.4) is 0 Å². The molecule has 0 saturated heterocycles. The zero-order valence-electron chi connectivity index (χ0n) is 7.98. The van der Waals surface area contributed by atoms with E-state index in [2.05, 4.69) is 22.3 Å². The normalized spacial score (nSPS) is 17.7. The summed E-state index contributed by atoms with van der Waals surface area (Å²) >= 11 is 5.67. The summed E-state index contributed by atoms with van der Waals surface area (Å²) in [6, 6.07) is 10.2. The molecule has 1 aliphatic carbocycles. The van der Waals surface area contributed by atoms with E-state index in [9.17, 15) is 0 Å². The molecule has 1 saturated carbocycles. The van der Waals surface area contributed by atoms with Crippen LogP contribution in [0.15, 0.2) is 34.9 Å². The highest BCUT2D eigenvalue weighted by Crippen LogP contribution is 2.52. The summed E-state index contributed by atoms with van der Waals surface area (Å²) in [4.78, 5) is 4.11. The van der Waals surface area contributed by atoms with Gasteiger partial charge in [-0.3, -0.25) is 0 Å². The number of aromatic nitrogens is 2. The Balaban J connectivity index is 2.05. The number of rotatable bonds is 2. The molecule has 15 heavy (non-hydrogen) atoms. The minimum Gasteiger partial charge on any atom is -0.337 e. The maximum Gasteiger partial charge on any atom is 0.263 e. The Morgan fingerprint density at radius 2 is 1.93 bits per heavy atom. The van der Waals surface area contributed by atoms with Crippen molar-refractivity contribution in [1.82, 2.24) is 10.1 Å². The largest absolute Gasteiger partial charge is 0.337 e. The van der Waals surface area contributed by atoms with Crippen LogP contribution < -0.4 is 0 Å². The highest BCUT2D eigenvalue weighted by Gasteiger charge is 2.50. The van der Waals surface area contributed by atoms with E-state index in [0.717, 1.165) is 12.8 Å². The molecule has 3 nitrogen and oxygen atoms in total. The minimum atomic E-state index is -0.0681. The Morgan fingerprint density at radius 3 is 2.47 bits per heavy atom. The lowest BCUT2D eigenvalue weighted by atomic mass is 9.96. The topological polar surface area (TPSA) is 38.9 Å². The molecule has 4 heteroatoms. The minimum absolute atomic E-state index is 0.0681. The third kappa shape index (κ3) is 1.35. The molecule has 1 heterocycles. The van der Waals surface area contributed by atoms with Crippen molar-refractivity contribution >= 4 is 11.6 Å². The van der Waals surface area contributed by atoms with E-state index < -0.39 is 0 Å². The molecule has 0 unspecified atom stereocenters. The molecule has 0 N–H and O–H groups in total. The molecule has 2 aromatic rings. The predicted octanol–water partition coefficient (Wildman–Crippen LogP) is 2.80. The van der Waals surface area contributed by atoms with Gasteiger partial charge in [0.1, 0.15) is 0 Å². The van der Waals surface area contributed by atoms with Gasteiger partial charge in [0.15, 0.2) is 0 Å². The van der Waals surface area contributed by atoms with Crippen molar-refractivity contribution in [3.63, 3.8) is 0 Å². The van der Waals surface area contributed by atoms with Crippen molar-refractivity contribution in [2.24, 2.45) is 0 Å². The Hall–Kier alpha value is -1.35. The number of hydrogen-bond donors (Lipinski definition) is 0. The molecule has 0 bridgehead atoms. The summed E-state index contributed by atoms with van der Waals surface area (Å²) in [6.07, 6.45) is 2.10. The van der Waals surface area contributed by atoms with Crippen LogP contribution in [0.2, 0.25) is 5.28 Å². The average Bonchev–Trinajstić information content (AvgIpc) is 2.98. The molecule has 1 aromatic carbocycles. The van der Waals surface area contributed by atoms with Crippen molar-refractivity contribution in [2.45, 2.75) is 18.3 Å². The number of hydrogen-bond acceptors (Lipinski definition) is 3. The fraction of sp³-hybridized carbons (Fsp3) is 0.273. The van der Waals surface area contributed by atoms with Gasteiger partial charge in [0.25, 0.3) is 5.28 Å². The lowest BCUT2D eigenvalue weighted by Crippen LogP contribution is -2.08. The van der Waals surface area contributed by atoms with Crippen molar-refractivity contribution in [3.05, 3.63) is 47.1 Å². The van der Waals surface area contributed by atoms with Gasteiger partial charge in [-0.2, -0.15) is 4.98 Å². The predicted molar refractivity (Wildman–Crippen MR) is 55.8 cm³/mol. The van der Waals surface area contributed by atoms with E-state index in [0.29, 0.717) is 5.89 Å².